The normalized spacial score (nSPS) is 16.5. The van der Waals surface area contributed by atoms with Crippen LogP contribution in [0.25, 0.3) is 0 Å². The molecule has 1 fully saturated rings. The van der Waals surface area contributed by atoms with Crippen molar-refractivity contribution in [1.82, 2.24) is 10.2 Å². The first-order valence-electron chi connectivity index (χ1n) is 7.41. The molecule has 1 amide bonds. The van der Waals surface area contributed by atoms with Gasteiger partial charge in [-0.15, -0.1) is 0 Å². The van der Waals surface area contributed by atoms with E-state index in [0.29, 0.717) is 30.3 Å². The summed E-state index contributed by atoms with van der Waals surface area (Å²) < 4.78 is 25.3. The summed E-state index contributed by atoms with van der Waals surface area (Å²) in [5, 5.41) is 3.17. The van der Waals surface area contributed by atoms with Gasteiger partial charge in [-0.1, -0.05) is 12.1 Å². The van der Waals surface area contributed by atoms with E-state index in [4.69, 9.17) is 0 Å². The molecule has 7 heteroatoms. The van der Waals surface area contributed by atoms with E-state index in [2.05, 4.69) is 10.0 Å². The van der Waals surface area contributed by atoms with Crippen LogP contribution in [0, 0.1) is 5.92 Å². The molecule has 0 bridgehead atoms. The summed E-state index contributed by atoms with van der Waals surface area (Å²) in [4.78, 5) is 14.4. The summed E-state index contributed by atoms with van der Waals surface area (Å²) in [7, 11) is -1.47. The van der Waals surface area contributed by atoms with Gasteiger partial charge in [-0.2, -0.15) is 0 Å². The largest absolute Gasteiger partial charge is 0.339 e. The molecule has 1 aromatic carbocycles. The van der Waals surface area contributed by atoms with Crippen molar-refractivity contribution in [3.05, 3.63) is 29.8 Å². The summed E-state index contributed by atoms with van der Waals surface area (Å²) >= 11 is 0. The molecule has 0 spiro atoms. The highest BCUT2D eigenvalue weighted by molar-refractivity contribution is 7.92. The van der Waals surface area contributed by atoms with Crippen LogP contribution in [-0.4, -0.2) is 52.2 Å². The smallest absolute Gasteiger partial charge is 0.255 e. The van der Waals surface area contributed by atoms with Gasteiger partial charge in [-0.25, -0.2) is 8.42 Å². The van der Waals surface area contributed by atoms with E-state index in [1.165, 1.54) is 0 Å². The number of carbonyl (C=O) groups is 1. The van der Waals surface area contributed by atoms with Crippen molar-refractivity contribution in [2.45, 2.75) is 12.8 Å². The number of sulfonamides is 1. The molecule has 22 heavy (non-hydrogen) atoms. The maximum atomic E-state index is 12.6. The van der Waals surface area contributed by atoms with E-state index in [0.717, 1.165) is 25.6 Å². The lowest BCUT2D eigenvalue weighted by Gasteiger charge is -2.32. The molecular formula is C15H23N3O3S. The highest BCUT2D eigenvalue weighted by Crippen LogP contribution is 2.22. The number of carbonyl (C=O) groups excluding carboxylic acids is 1. The Kier molecular flexibility index (Phi) is 5.42. The number of rotatable bonds is 5. The van der Waals surface area contributed by atoms with Gasteiger partial charge in [-0.05, 0) is 44.5 Å². The maximum absolute atomic E-state index is 12.6. The molecule has 0 aliphatic carbocycles. The van der Waals surface area contributed by atoms with Gasteiger partial charge in [0.05, 0.1) is 17.5 Å². The summed E-state index contributed by atoms with van der Waals surface area (Å²) in [5.41, 5.74) is 0.743. The Morgan fingerprint density at radius 3 is 2.50 bits per heavy atom. The highest BCUT2D eigenvalue weighted by Gasteiger charge is 2.25. The number of amides is 1. The van der Waals surface area contributed by atoms with E-state index in [1.807, 2.05) is 7.05 Å². The molecule has 6 nitrogen and oxygen atoms in total. The molecule has 1 aliphatic rings. The van der Waals surface area contributed by atoms with Crippen molar-refractivity contribution in [3.8, 4) is 0 Å². The number of piperidine rings is 1. The van der Waals surface area contributed by atoms with Gasteiger partial charge < -0.3 is 10.2 Å². The third-order valence-corrected chi connectivity index (χ3v) is 4.44. The quantitative estimate of drug-likeness (QED) is 0.851. The second-order valence-corrected chi connectivity index (χ2v) is 7.46. The van der Waals surface area contributed by atoms with Crippen LogP contribution in [0.2, 0.25) is 0 Å². The van der Waals surface area contributed by atoms with Crippen LogP contribution in [0.3, 0.4) is 0 Å². The van der Waals surface area contributed by atoms with Gasteiger partial charge in [0.15, 0.2) is 0 Å². The Morgan fingerprint density at radius 2 is 1.91 bits per heavy atom. The lowest BCUT2D eigenvalue weighted by Crippen LogP contribution is -2.40. The van der Waals surface area contributed by atoms with Crippen LogP contribution < -0.4 is 10.0 Å². The molecular weight excluding hydrogens is 302 g/mol. The van der Waals surface area contributed by atoms with Gasteiger partial charge in [0, 0.05) is 13.1 Å². The number of nitrogens with zero attached hydrogens (tertiary/aromatic N) is 1. The molecule has 0 radical (unpaired) electrons. The van der Waals surface area contributed by atoms with E-state index < -0.39 is 10.0 Å². The van der Waals surface area contributed by atoms with Crippen LogP contribution in [0.5, 0.6) is 0 Å². The van der Waals surface area contributed by atoms with Crippen LogP contribution in [0.4, 0.5) is 5.69 Å². The zero-order valence-corrected chi connectivity index (χ0v) is 13.8. The molecule has 0 aromatic heterocycles. The van der Waals surface area contributed by atoms with Gasteiger partial charge in [0.1, 0.15) is 0 Å². The first-order chi connectivity index (χ1) is 10.4. The first-order valence-corrected chi connectivity index (χ1v) is 9.30. The number of likely N-dealkylation sites (tertiary alicyclic amines) is 1. The zero-order valence-electron chi connectivity index (χ0n) is 13.0. The minimum absolute atomic E-state index is 0.116. The average Bonchev–Trinajstić information content (AvgIpc) is 2.47. The lowest BCUT2D eigenvalue weighted by atomic mass is 9.96. The molecule has 1 aliphatic heterocycles. The first kappa shape index (κ1) is 16.8. The van der Waals surface area contributed by atoms with Crippen LogP contribution >= 0.6 is 0 Å². The number of hydrogen-bond donors (Lipinski definition) is 2. The molecule has 0 unspecified atom stereocenters. The third kappa shape index (κ3) is 4.45. The van der Waals surface area contributed by atoms with Crippen LogP contribution in [0.15, 0.2) is 24.3 Å². The summed E-state index contributed by atoms with van der Waals surface area (Å²) in [5.74, 6) is 0.480. The topological polar surface area (TPSA) is 78.5 Å². The Bertz CT molecular complexity index is 623. The molecule has 1 aromatic rings. The molecule has 1 saturated heterocycles. The number of anilines is 1. The number of nitrogens with one attached hydrogen (secondary N) is 2. The fourth-order valence-corrected chi connectivity index (χ4v) is 3.34. The Hall–Kier alpha value is -1.60. The van der Waals surface area contributed by atoms with E-state index in [9.17, 15) is 13.2 Å². The van der Waals surface area contributed by atoms with Gasteiger partial charge in [-0.3, -0.25) is 9.52 Å². The van der Waals surface area contributed by atoms with Crippen molar-refractivity contribution < 1.29 is 13.2 Å². The van der Waals surface area contributed by atoms with Crippen LogP contribution in [-0.2, 0) is 10.0 Å². The monoisotopic (exact) mass is 325 g/mol. The molecule has 0 saturated carbocycles. The van der Waals surface area contributed by atoms with Crippen molar-refractivity contribution in [1.29, 1.82) is 0 Å². The molecule has 0 atom stereocenters. The number of hydrogen-bond acceptors (Lipinski definition) is 4. The predicted octanol–water partition coefficient (Wildman–Crippen LogP) is 1.13. The second kappa shape index (κ2) is 7.11. The summed E-state index contributed by atoms with van der Waals surface area (Å²) in [6.45, 7) is 2.38. The van der Waals surface area contributed by atoms with Gasteiger partial charge in [0.2, 0.25) is 10.0 Å². The standard InChI is InChI=1S/C15H23N3O3S/c1-16-11-12-7-9-18(10-8-12)15(19)13-5-3-4-6-14(13)17-22(2,20)21/h3-6,12,16-17H,7-11H2,1-2H3. The Labute approximate surface area is 131 Å². The fraction of sp³-hybridized carbons (Fsp3) is 0.533. The summed E-state index contributed by atoms with van der Waals surface area (Å²) in [6.07, 6.45) is 3.01. The molecule has 2 rings (SSSR count). The average molecular weight is 325 g/mol. The highest BCUT2D eigenvalue weighted by atomic mass is 32.2. The van der Waals surface area contributed by atoms with E-state index >= 15 is 0 Å². The summed E-state index contributed by atoms with van der Waals surface area (Å²) in [6, 6.07) is 6.73. The minimum Gasteiger partial charge on any atom is -0.339 e. The van der Waals surface area contributed by atoms with Crippen LogP contribution in [0.1, 0.15) is 23.2 Å². The van der Waals surface area contributed by atoms with E-state index in [-0.39, 0.29) is 5.91 Å². The van der Waals surface area contributed by atoms with Crippen molar-refractivity contribution in [3.63, 3.8) is 0 Å². The zero-order chi connectivity index (χ0) is 16.2. The Balaban J connectivity index is 2.10. The molecule has 2 N–H and O–H groups in total. The Morgan fingerprint density at radius 1 is 1.27 bits per heavy atom. The second-order valence-electron chi connectivity index (χ2n) is 5.71. The molecule has 1 heterocycles. The number of para-hydroxylation sites is 1. The maximum Gasteiger partial charge on any atom is 0.255 e. The minimum atomic E-state index is -3.41. The van der Waals surface area contributed by atoms with Crippen molar-refractivity contribution in [2.75, 3.05) is 37.7 Å². The lowest BCUT2D eigenvalue weighted by molar-refractivity contribution is 0.0692. The SMILES string of the molecule is CNCC1CCN(C(=O)c2ccccc2NS(C)(=O)=O)CC1. The third-order valence-electron chi connectivity index (χ3n) is 3.85. The predicted molar refractivity (Wildman–Crippen MR) is 87.5 cm³/mol. The molecule has 122 valence electrons. The van der Waals surface area contributed by atoms with Crippen molar-refractivity contribution >= 4 is 21.6 Å². The van der Waals surface area contributed by atoms with E-state index in [1.54, 1.807) is 29.2 Å². The van der Waals surface area contributed by atoms with Gasteiger partial charge in [0.25, 0.3) is 5.91 Å². The van der Waals surface area contributed by atoms with Gasteiger partial charge >= 0.3 is 0 Å². The fourth-order valence-electron chi connectivity index (χ4n) is 2.76. The number of benzene rings is 1. The van der Waals surface area contributed by atoms with Crippen molar-refractivity contribution in [2.24, 2.45) is 5.92 Å².